The van der Waals surface area contributed by atoms with Gasteiger partial charge in [-0.2, -0.15) is 0 Å². The Morgan fingerprint density at radius 3 is 2.75 bits per heavy atom. The van der Waals surface area contributed by atoms with Crippen molar-refractivity contribution in [3.05, 3.63) is 22.7 Å². The molecule has 0 heterocycles. The van der Waals surface area contributed by atoms with Crippen LogP contribution in [0.25, 0.3) is 0 Å². The molecular weight excluding hydrogens is 222 g/mol. The zero-order chi connectivity index (χ0) is 12.1. The number of halogens is 1. The number of hydrogen-bond donors (Lipinski definition) is 1. The molecule has 0 amide bonds. The van der Waals surface area contributed by atoms with Crippen LogP contribution in [0.3, 0.4) is 0 Å². The summed E-state index contributed by atoms with van der Waals surface area (Å²) >= 11 is 5.96. The Balaban J connectivity index is 2.63. The molecule has 0 radical (unpaired) electrons. The van der Waals surface area contributed by atoms with Gasteiger partial charge in [-0.15, -0.1) is 0 Å². The van der Waals surface area contributed by atoms with E-state index < -0.39 is 0 Å². The lowest BCUT2D eigenvalue weighted by Gasteiger charge is -2.14. The maximum absolute atomic E-state index is 5.96. The summed E-state index contributed by atoms with van der Waals surface area (Å²) in [4.78, 5) is 0. The molecule has 3 heteroatoms. The summed E-state index contributed by atoms with van der Waals surface area (Å²) in [5.74, 6) is 1.41. The van der Waals surface area contributed by atoms with Gasteiger partial charge in [0, 0.05) is 6.07 Å². The minimum atomic E-state index is 0.559. The summed E-state index contributed by atoms with van der Waals surface area (Å²) in [5.41, 5.74) is 7.34. The molecule has 1 rings (SSSR count). The average Bonchev–Trinajstić information content (AvgIpc) is 2.22. The molecule has 1 unspecified atom stereocenters. The molecule has 1 aromatic carbocycles. The SMILES string of the molecule is CCCC(C)COc1cc(Cl)c(N)cc1C. The summed E-state index contributed by atoms with van der Waals surface area (Å²) in [6.07, 6.45) is 2.37. The first-order valence-electron chi connectivity index (χ1n) is 5.73. The van der Waals surface area contributed by atoms with Gasteiger partial charge in [0.2, 0.25) is 0 Å². The summed E-state index contributed by atoms with van der Waals surface area (Å²) in [5, 5.41) is 0.559. The molecule has 1 aromatic rings. The monoisotopic (exact) mass is 241 g/mol. The van der Waals surface area contributed by atoms with Crippen molar-refractivity contribution in [1.29, 1.82) is 0 Å². The third kappa shape index (κ3) is 3.60. The van der Waals surface area contributed by atoms with E-state index in [9.17, 15) is 0 Å². The molecular formula is C13H20ClNO. The fraction of sp³-hybridized carbons (Fsp3) is 0.538. The van der Waals surface area contributed by atoms with E-state index >= 15 is 0 Å². The molecule has 0 fully saturated rings. The van der Waals surface area contributed by atoms with Crippen LogP contribution < -0.4 is 10.5 Å². The zero-order valence-corrected chi connectivity index (χ0v) is 11.0. The molecule has 90 valence electrons. The van der Waals surface area contributed by atoms with E-state index in [1.165, 1.54) is 12.8 Å². The van der Waals surface area contributed by atoms with Gasteiger partial charge >= 0.3 is 0 Å². The zero-order valence-electron chi connectivity index (χ0n) is 10.2. The van der Waals surface area contributed by atoms with E-state index in [1.54, 1.807) is 6.07 Å². The lowest BCUT2D eigenvalue weighted by molar-refractivity contribution is 0.250. The van der Waals surface area contributed by atoms with Gasteiger partial charge in [0.05, 0.1) is 17.3 Å². The van der Waals surface area contributed by atoms with Gasteiger partial charge in [0.25, 0.3) is 0 Å². The molecule has 0 spiro atoms. The molecule has 1 atom stereocenters. The number of benzene rings is 1. The van der Waals surface area contributed by atoms with Gasteiger partial charge < -0.3 is 10.5 Å². The van der Waals surface area contributed by atoms with Gasteiger partial charge in [0.15, 0.2) is 0 Å². The summed E-state index contributed by atoms with van der Waals surface area (Å²) in [7, 11) is 0. The Hall–Kier alpha value is -0.890. The molecule has 0 aliphatic rings. The van der Waals surface area contributed by atoms with Crippen LogP contribution in [0.2, 0.25) is 5.02 Å². The lowest BCUT2D eigenvalue weighted by Crippen LogP contribution is -2.09. The number of ether oxygens (including phenoxy) is 1. The molecule has 0 saturated heterocycles. The number of nitrogens with two attached hydrogens (primary N) is 1. The predicted molar refractivity (Wildman–Crippen MR) is 70.2 cm³/mol. The molecule has 0 saturated carbocycles. The molecule has 2 N–H and O–H groups in total. The van der Waals surface area contributed by atoms with E-state index in [0.29, 0.717) is 16.6 Å². The lowest BCUT2D eigenvalue weighted by atomic mass is 10.1. The Labute approximate surface area is 103 Å². The van der Waals surface area contributed by atoms with Gasteiger partial charge in [-0.05, 0) is 30.9 Å². The third-order valence-corrected chi connectivity index (χ3v) is 2.93. The maximum atomic E-state index is 5.96. The van der Waals surface area contributed by atoms with Crippen molar-refractivity contribution in [3.63, 3.8) is 0 Å². The van der Waals surface area contributed by atoms with Crippen molar-refractivity contribution in [2.24, 2.45) is 5.92 Å². The van der Waals surface area contributed by atoms with Crippen LogP contribution in [0.4, 0.5) is 5.69 Å². The molecule has 0 aromatic heterocycles. The highest BCUT2D eigenvalue weighted by atomic mass is 35.5. The molecule has 16 heavy (non-hydrogen) atoms. The van der Waals surface area contributed by atoms with E-state index in [1.807, 2.05) is 13.0 Å². The predicted octanol–water partition coefficient (Wildman–Crippen LogP) is 4.05. The highest BCUT2D eigenvalue weighted by molar-refractivity contribution is 6.33. The van der Waals surface area contributed by atoms with Crippen molar-refractivity contribution < 1.29 is 4.74 Å². The summed E-state index contributed by atoms with van der Waals surface area (Å²) < 4.78 is 5.75. The highest BCUT2D eigenvalue weighted by Crippen LogP contribution is 2.28. The average molecular weight is 242 g/mol. The first-order chi connectivity index (χ1) is 7.54. The quantitative estimate of drug-likeness (QED) is 0.790. The number of anilines is 1. The largest absolute Gasteiger partial charge is 0.493 e. The molecule has 2 nitrogen and oxygen atoms in total. The van der Waals surface area contributed by atoms with Crippen molar-refractivity contribution >= 4 is 17.3 Å². The molecule has 0 aliphatic heterocycles. The first kappa shape index (κ1) is 13.2. The molecule has 0 bridgehead atoms. The van der Waals surface area contributed by atoms with Crippen LogP contribution in [-0.2, 0) is 0 Å². The van der Waals surface area contributed by atoms with E-state index in [0.717, 1.165) is 17.9 Å². The second kappa shape index (κ2) is 6.00. The van der Waals surface area contributed by atoms with Crippen molar-refractivity contribution in [3.8, 4) is 5.75 Å². The second-order valence-electron chi connectivity index (χ2n) is 4.34. The second-order valence-corrected chi connectivity index (χ2v) is 4.75. The Bertz CT molecular complexity index is 352. The Kier molecular flexibility index (Phi) is 4.94. The first-order valence-corrected chi connectivity index (χ1v) is 6.10. The standard InChI is InChI=1S/C13H20ClNO/c1-4-5-9(2)8-16-13-7-11(14)12(15)6-10(13)3/h6-7,9H,4-5,8,15H2,1-3H3. The van der Waals surface area contributed by atoms with Crippen LogP contribution in [0.1, 0.15) is 32.3 Å². The smallest absolute Gasteiger partial charge is 0.123 e. The minimum Gasteiger partial charge on any atom is -0.493 e. The van der Waals surface area contributed by atoms with Crippen LogP contribution in [0, 0.1) is 12.8 Å². The molecule has 0 aliphatic carbocycles. The van der Waals surface area contributed by atoms with E-state index in [-0.39, 0.29) is 0 Å². The third-order valence-electron chi connectivity index (χ3n) is 2.60. The van der Waals surface area contributed by atoms with Gasteiger partial charge in [-0.3, -0.25) is 0 Å². The minimum absolute atomic E-state index is 0.559. The summed E-state index contributed by atoms with van der Waals surface area (Å²) in [6.45, 7) is 7.08. The Morgan fingerprint density at radius 1 is 1.44 bits per heavy atom. The topological polar surface area (TPSA) is 35.2 Å². The number of rotatable bonds is 5. The Morgan fingerprint density at radius 2 is 2.12 bits per heavy atom. The van der Waals surface area contributed by atoms with Crippen LogP contribution in [0.5, 0.6) is 5.75 Å². The number of aryl methyl sites for hydroxylation is 1. The van der Waals surface area contributed by atoms with Crippen molar-refractivity contribution in [2.45, 2.75) is 33.6 Å². The summed E-state index contributed by atoms with van der Waals surface area (Å²) in [6, 6.07) is 3.65. The normalized spacial score (nSPS) is 12.5. The van der Waals surface area contributed by atoms with Crippen LogP contribution >= 0.6 is 11.6 Å². The fourth-order valence-corrected chi connectivity index (χ4v) is 1.80. The van der Waals surface area contributed by atoms with Crippen molar-refractivity contribution in [1.82, 2.24) is 0 Å². The highest BCUT2D eigenvalue weighted by Gasteiger charge is 2.07. The van der Waals surface area contributed by atoms with Gasteiger partial charge in [-0.1, -0.05) is 31.9 Å². The van der Waals surface area contributed by atoms with Crippen LogP contribution in [0.15, 0.2) is 12.1 Å². The number of nitrogen functional groups attached to an aromatic ring is 1. The number of hydrogen-bond acceptors (Lipinski definition) is 2. The fourth-order valence-electron chi connectivity index (χ4n) is 1.65. The van der Waals surface area contributed by atoms with E-state index in [2.05, 4.69) is 13.8 Å². The van der Waals surface area contributed by atoms with Crippen LogP contribution in [-0.4, -0.2) is 6.61 Å². The van der Waals surface area contributed by atoms with Crippen molar-refractivity contribution in [2.75, 3.05) is 12.3 Å². The van der Waals surface area contributed by atoms with Gasteiger partial charge in [-0.25, -0.2) is 0 Å². The maximum Gasteiger partial charge on any atom is 0.123 e. The van der Waals surface area contributed by atoms with Gasteiger partial charge in [0.1, 0.15) is 5.75 Å². The van der Waals surface area contributed by atoms with E-state index in [4.69, 9.17) is 22.1 Å².